The van der Waals surface area contributed by atoms with E-state index >= 15 is 0 Å². The van der Waals surface area contributed by atoms with Crippen LogP contribution in [0.5, 0.6) is 0 Å². The average Bonchev–Trinajstić information content (AvgIpc) is 2.86. The summed E-state index contributed by atoms with van der Waals surface area (Å²) in [5, 5.41) is 7.25. The molecule has 1 saturated heterocycles. The molecule has 18 heavy (non-hydrogen) atoms. The van der Waals surface area contributed by atoms with Crippen molar-refractivity contribution in [1.82, 2.24) is 20.2 Å². The molecule has 0 spiro atoms. The fourth-order valence-electron chi connectivity index (χ4n) is 2.62. The summed E-state index contributed by atoms with van der Waals surface area (Å²) in [6.07, 6.45) is 7.86. The van der Waals surface area contributed by atoms with Crippen LogP contribution in [0.25, 0.3) is 0 Å². The monoisotopic (exact) mass is 243 g/mol. The van der Waals surface area contributed by atoms with Gasteiger partial charge in [0.1, 0.15) is 0 Å². The Balaban J connectivity index is 1.79. The fraction of sp³-hybridized carbons (Fsp3) is 0.462. The number of H-pyrrole nitrogens is 1. The molecule has 0 saturated carbocycles. The van der Waals surface area contributed by atoms with E-state index in [1.165, 1.54) is 24.1 Å². The van der Waals surface area contributed by atoms with Gasteiger partial charge in [0.25, 0.3) is 0 Å². The highest BCUT2D eigenvalue weighted by Gasteiger charge is 2.24. The van der Waals surface area contributed by atoms with Crippen molar-refractivity contribution in [3.05, 3.63) is 35.9 Å². The van der Waals surface area contributed by atoms with Crippen LogP contribution in [-0.2, 0) is 0 Å². The number of rotatable bonds is 2. The van der Waals surface area contributed by atoms with Gasteiger partial charge in [0.05, 0.1) is 6.20 Å². The minimum Gasteiger partial charge on any atom is -0.340 e. The van der Waals surface area contributed by atoms with Crippen LogP contribution >= 0.6 is 0 Å². The second kappa shape index (κ2) is 4.76. The lowest BCUT2D eigenvalue weighted by Crippen LogP contribution is -2.35. The lowest BCUT2D eigenvalue weighted by molar-refractivity contribution is 0.493. The number of anilines is 1. The number of nitrogens with zero attached hydrogens (tertiary/aromatic N) is 4. The topological polar surface area (TPSA) is 57.7 Å². The predicted molar refractivity (Wildman–Crippen MR) is 69.5 cm³/mol. The van der Waals surface area contributed by atoms with E-state index in [1.54, 1.807) is 12.4 Å². The molecule has 1 fully saturated rings. The van der Waals surface area contributed by atoms with Crippen LogP contribution in [0.1, 0.15) is 30.0 Å². The van der Waals surface area contributed by atoms with Gasteiger partial charge < -0.3 is 4.90 Å². The fourth-order valence-corrected chi connectivity index (χ4v) is 2.62. The highest BCUT2D eigenvalue weighted by molar-refractivity contribution is 5.32. The molecule has 0 aliphatic carbocycles. The van der Waals surface area contributed by atoms with Crippen molar-refractivity contribution in [2.24, 2.45) is 0 Å². The quantitative estimate of drug-likeness (QED) is 0.875. The van der Waals surface area contributed by atoms with Crippen LogP contribution in [-0.4, -0.2) is 33.3 Å². The van der Waals surface area contributed by atoms with Gasteiger partial charge in [-0.3, -0.25) is 5.10 Å². The van der Waals surface area contributed by atoms with Crippen molar-refractivity contribution in [1.29, 1.82) is 0 Å². The van der Waals surface area contributed by atoms with Gasteiger partial charge >= 0.3 is 0 Å². The largest absolute Gasteiger partial charge is 0.340 e. The molecule has 1 aliphatic heterocycles. The van der Waals surface area contributed by atoms with Crippen molar-refractivity contribution in [3.63, 3.8) is 0 Å². The Morgan fingerprint density at radius 1 is 1.33 bits per heavy atom. The maximum atomic E-state index is 4.33. The molecule has 0 amide bonds. The molecule has 3 rings (SSSR count). The van der Waals surface area contributed by atoms with Gasteiger partial charge in [-0.2, -0.15) is 5.10 Å². The minimum absolute atomic E-state index is 0.505. The first-order chi connectivity index (χ1) is 8.84. The summed E-state index contributed by atoms with van der Waals surface area (Å²) in [4.78, 5) is 10.9. The Morgan fingerprint density at radius 3 is 2.89 bits per heavy atom. The molecule has 1 aliphatic rings. The van der Waals surface area contributed by atoms with Crippen molar-refractivity contribution >= 4 is 5.95 Å². The SMILES string of the molecule is Cc1cn[nH]c1[C@H]1CCCN(c2ncccn2)C1. The van der Waals surface area contributed by atoms with Crippen LogP contribution in [0.4, 0.5) is 5.95 Å². The average molecular weight is 243 g/mol. The molecule has 5 heteroatoms. The molecular formula is C13H17N5. The number of aryl methyl sites for hydroxylation is 1. The summed E-state index contributed by atoms with van der Waals surface area (Å²) >= 11 is 0. The molecule has 1 N–H and O–H groups in total. The van der Waals surface area contributed by atoms with Crippen molar-refractivity contribution in [2.75, 3.05) is 18.0 Å². The Bertz CT molecular complexity index is 507. The normalized spacial score (nSPS) is 20.1. The maximum absolute atomic E-state index is 4.33. The van der Waals surface area contributed by atoms with Crippen molar-refractivity contribution < 1.29 is 0 Å². The summed E-state index contributed by atoms with van der Waals surface area (Å²) in [5.74, 6) is 1.34. The van der Waals surface area contributed by atoms with Gasteiger partial charge in [0.2, 0.25) is 5.95 Å². The van der Waals surface area contributed by atoms with Gasteiger partial charge in [-0.25, -0.2) is 9.97 Å². The standard InChI is InChI=1S/C13H17N5/c1-10-8-16-17-12(10)11-4-2-7-18(9-11)13-14-5-3-6-15-13/h3,5-6,8,11H,2,4,7,9H2,1H3,(H,16,17)/t11-/m0/s1. The summed E-state index contributed by atoms with van der Waals surface area (Å²) in [7, 11) is 0. The van der Waals surface area contributed by atoms with E-state index < -0.39 is 0 Å². The molecule has 2 aromatic heterocycles. The Morgan fingerprint density at radius 2 is 2.17 bits per heavy atom. The molecule has 0 bridgehead atoms. The zero-order valence-electron chi connectivity index (χ0n) is 10.5. The minimum atomic E-state index is 0.505. The third kappa shape index (κ3) is 2.08. The Labute approximate surface area is 106 Å². The van der Waals surface area contributed by atoms with Crippen molar-refractivity contribution in [3.8, 4) is 0 Å². The Kier molecular flexibility index (Phi) is 2.96. The summed E-state index contributed by atoms with van der Waals surface area (Å²) in [5.41, 5.74) is 2.51. The van der Waals surface area contributed by atoms with Crippen LogP contribution in [0.3, 0.4) is 0 Å². The maximum Gasteiger partial charge on any atom is 0.225 e. The van der Waals surface area contributed by atoms with E-state index in [1.807, 2.05) is 12.3 Å². The predicted octanol–water partition coefficient (Wildman–Crippen LogP) is 1.89. The van der Waals surface area contributed by atoms with Gasteiger partial charge in [-0.1, -0.05) is 0 Å². The van der Waals surface area contributed by atoms with Crippen molar-refractivity contribution in [2.45, 2.75) is 25.7 Å². The van der Waals surface area contributed by atoms with E-state index in [4.69, 9.17) is 0 Å². The second-order valence-corrected chi connectivity index (χ2v) is 4.80. The van der Waals surface area contributed by atoms with Crippen LogP contribution < -0.4 is 4.90 Å². The first-order valence-corrected chi connectivity index (χ1v) is 6.36. The summed E-state index contributed by atoms with van der Waals surface area (Å²) < 4.78 is 0. The lowest BCUT2D eigenvalue weighted by Gasteiger charge is -2.32. The number of hydrogen-bond donors (Lipinski definition) is 1. The van der Waals surface area contributed by atoms with Gasteiger partial charge in [-0.15, -0.1) is 0 Å². The van der Waals surface area contributed by atoms with E-state index in [0.717, 1.165) is 19.0 Å². The third-order valence-electron chi connectivity index (χ3n) is 3.53. The smallest absolute Gasteiger partial charge is 0.225 e. The number of hydrogen-bond acceptors (Lipinski definition) is 4. The third-order valence-corrected chi connectivity index (χ3v) is 3.53. The molecule has 0 radical (unpaired) electrons. The molecule has 0 aromatic carbocycles. The highest BCUT2D eigenvalue weighted by atomic mass is 15.3. The highest BCUT2D eigenvalue weighted by Crippen LogP contribution is 2.28. The molecular weight excluding hydrogens is 226 g/mol. The zero-order chi connectivity index (χ0) is 12.4. The molecule has 2 aromatic rings. The van der Waals surface area contributed by atoms with Gasteiger partial charge in [0, 0.05) is 37.1 Å². The molecule has 5 nitrogen and oxygen atoms in total. The van der Waals surface area contributed by atoms with Gasteiger partial charge in [-0.05, 0) is 31.4 Å². The molecule has 0 unspecified atom stereocenters. The van der Waals surface area contributed by atoms with E-state index in [-0.39, 0.29) is 0 Å². The molecule has 3 heterocycles. The first kappa shape index (κ1) is 11.2. The first-order valence-electron chi connectivity index (χ1n) is 6.36. The van der Waals surface area contributed by atoms with Gasteiger partial charge in [0.15, 0.2) is 0 Å². The van der Waals surface area contributed by atoms with Crippen LogP contribution in [0.2, 0.25) is 0 Å². The number of nitrogens with one attached hydrogen (secondary N) is 1. The summed E-state index contributed by atoms with van der Waals surface area (Å²) in [6, 6.07) is 1.85. The molecule has 94 valence electrons. The number of aromatic amines is 1. The molecule has 1 atom stereocenters. The Hall–Kier alpha value is -1.91. The lowest BCUT2D eigenvalue weighted by atomic mass is 9.93. The van der Waals surface area contributed by atoms with E-state index in [0.29, 0.717) is 5.92 Å². The van der Waals surface area contributed by atoms with Crippen LogP contribution in [0.15, 0.2) is 24.7 Å². The van der Waals surface area contributed by atoms with E-state index in [2.05, 4.69) is 32.0 Å². The van der Waals surface area contributed by atoms with Crippen LogP contribution in [0, 0.1) is 6.92 Å². The van der Waals surface area contributed by atoms with E-state index in [9.17, 15) is 0 Å². The second-order valence-electron chi connectivity index (χ2n) is 4.80. The number of piperidine rings is 1. The summed E-state index contributed by atoms with van der Waals surface area (Å²) in [6.45, 7) is 4.11. The number of aromatic nitrogens is 4. The zero-order valence-corrected chi connectivity index (χ0v) is 10.5.